The number of carbonyl (C=O) groups excluding carboxylic acids is 4. The van der Waals surface area contributed by atoms with Gasteiger partial charge in [0.1, 0.15) is 0 Å². The van der Waals surface area contributed by atoms with E-state index in [1.165, 1.54) is 13.8 Å². The predicted octanol–water partition coefficient (Wildman–Crippen LogP) is 16.0. The van der Waals surface area contributed by atoms with Crippen LogP contribution in [0.5, 0.6) is 0 Å². The Labute approximate surface area is 534 Å². The molecular weight excluding hydrogens is 1220 g/mol. The maximum absolute atomic E-state index is 11.0. The number of aliphatic hydroxyl groups excluding tert-OH is 1. The van der Waals surface area contributed by atoms with Crippen LogP contribution < -0.4 is 40.6 Å². The molecule has 0 aromatic heterocycles. The van der Waals surface area contributed by atoms with Gasteiger partial charge in [-0.05, 0) is 136 Å². The second-order valence-electron chi connectivity index (χ2n) is 16.2. The van der Waals surface area contributed by atoms with E-state index in [9.17, 15) is 24.3 Å². The third-order valence-corrected chi connectivity index (χ3v) is 14.8. The van der Waals surface area contributed by atoms with Crippen LogP contribution in [0.3, 0.4) is 0 Å². The summed E-state index contributed by atoms with van der Waals surface area (Å²) in [6.45, 7) is 20.0. The number of nitrogens with two attached hydrogens (primary N) is 1. The fourth-order valence-electron chi connectivity index (χ4n) is 5.75. The Balaban J connectivity index is -0.000000196. The molecule has 415 valence electrons. The van der Waals surface area contributed by atoms with Gasteiger partial charge in [-0.1, -0.05) is 197 Å². The maximum Gasteiger partial charge on any atom is 1.00 e. The van der Waals surface area contributed by atoms with Crippen molar-refractivity contribution in [1.82, 2.24) is 5.32 Å². The number of halogens is 11. The maximum atomic E-state index is 11.0. The van der Waals surface area contributed by atoms with E-state index in [4.69, 9.17) is 133 Å². The summed E-state index contributed by atoms with van der Waals surface area (Å²) in [5.41, 5.74) is 24.6. The first kappa shape index (κ1) is 81.0. The molecule has 8 N–H and O–H groups in total. The number of amides is 2. The summed E-state index contributed by atoms with van der Waals surface area (Å²) in [6, 6.07) is 27.2. The molecule has 6 aromatic rings. The molecule has 0 fully saturated rings. The fourth-order valence-corrected chi connectivity index (χ4v) is 8.31. The molecule has 2 amide bonds. The molecule has 0 saturated carbocycles. The number of ketones is 1. The molecule has 1 aliphatic rings. The standard InChI is InChI=1S/C10H12Cl2.C9H11Cl2N.C9H10Cl2O.C9H8Cl2O.C8H5NO2.C7H6Cl2.C2H3ClO.B.H2N2.Na.H2O.H2.H/c1-6(2)8-5-4-7(3)9(11)10(8)12;3*1-5-3-4-7(6(2)12)9(11)8(5)10;10-7-5-3-1-2-4-6(5)8(11)9-7;1-5-3-2-4-6(8)7(5)9;1-2(3)4;;1-2;;;;/h4-6H,1-3H3;3-4,6H,12H2,1-2H3;3-4,6,12H,1-2H3;3-4H,1-2H3;1-4H,(H,9,10,11);2-4H,1H3;1H3;;1-2H;;1H2;1H;/q;;;;;;;;;+1;;;-1. The van der Waals surface area contributed by atoms with Crippen LogP contribution in [0.1, 0.15) is 138 Å². The quantitative estimate of drug-likeness (QED) is 0.0381. The molecule has 6 aromatic carbocycles. The summed E-state index contributed by atoms with van der Waals surface area (Å²) < 4.78 is 0. The van der Waals surface area contributed by atoms with Gasteiger partial charge in [0.25, 0.3) is 11.8 Å². The molecule has 3 radical (unpaired) electrons. The Morgan fingerprint density at radius 2 is 0.857 bits per heavy atom. The molecule has 23 heteroatoms. The topological polar surface area (TPSA) is 206 Å². The van der Waals surface area contributed by atoms with E-state index in [1.807, 2.05) is 84.0 Å². The van der Waals surface area contributed by atoms with Crippen LogP contribution in [0, 0.1) is 45.7 Å². The van der Waals surface area contributed by atoms with E-state index in [0.29, 0.717) is 78.4 Å². The summed E-state index contributed by atoms with van der Waals surface area (Å²) in [7, 11) is 0. The molecule has 7 rings (SSSR count). The Kier molecular flexibility index (Phi) is 42.8. The molecule has 0 saturated heterocycles. The van der Waals surface area contributed by atoms with Crippen LogP contribution in [0.15, 0.2) is 91.0 Å². The van der Waals surface area contributed by atoms with Crippen LogP contribution >= 0.6 is 128 Å². The fraction of sp³-hybridized carbons (Fsp3) is 0.259. The van der Waals surface area contributed by atoms with Crippen LogP contribution in [-0.4, -0.2) is 41.8 Å². The Bertz CT molecular complexity index is 2710. The van der Waals surface area contributed by atoms with Gasteiger partial charge in [-0.3, -0.25) is 24.5 Å². The minimum atomic E-state index is -0.574. The summed E-state index contributed by atoms with van der Waals surface area (Å²) in [4.78, 5) is 42.1. The number of hydrogen-bond donors (Lipinski definition) is 5. The van der Waals surface area contributed by atoms with Crippen molar-refractivity contribution in [1.29, 1.82) is 11.1 Å². The number of carbonyl (C=O) groups is 4. The van der Waals surface area contributed by atoms with Gasteiger partial charge in [-0.15, -0.1) is 0 Å². The normalized spacial score (nSPS) is 10.9. The van der Waals surface area contributed by atoms with Gasteiger partial charge in [0.2, 0.25) is 5.24 Å². The average molecular weight is 1290 g/mol. The number of aryl methyl sites for hydroxylation is 5. The summed E-state index contributed by atoms with van der Waals surface area (Å²) in [6.07, 6.45) is -0.574. The third kappa shape index (κ3) is 26.8. The van der Waals surface area contributed by atoms with Crippen molar-refractivity contribution < 1.29 is 62.2 Å². The average Bonchev–Trinajstić information content (AvgIpc) is 3.63. The number of nitrogens with one attached hydrogen (secondary N) is 3. The smallest absolute Gasteiger partial charge is 1.00 e. The van der Waals surface area contributed by atoms with Gasteiger partial charge in [0.05, 0.1) is 67.5 Å². The Hall–Kier alpha value is -2.47. The van der Waals surface area contributed by atoms with Gasteiger partial charge in [0.15, 0.2) is 5.78 Å². The van der Waals surface area contributed by atoms with E-state index < -0.39 is 6.10 Å². The van der Waals surface area contributed by atoms with E-state index in [1.54, 1.807) is 55.5 Å². The van der Waals surface area contributed by atoms with Gasteiger partial charge >= 0.3 is 29.6 Å². The number of imide groups is 1. The van der Waals surface area contributed by atoms with Gasteiger partial charge in [0, 0.05) is 33.9 Å². The summed E-state index contributed by atoms with van der Waals surface area (Å²) >= 11 is 63.5. The first-order valence-electron chi connectivity index (χ1n) is 21.9. The molecule has 1 heterocycles. The van der Waals surface area contributed by atoms with Crippen molar-refractivity contribution in [3.05, 3.63) is 202 Å². The zero-order valence-corrected chi connectivity index (χ0v) is 54.6. The molecule has 2 unspecified atom stereocenters. The van der Waals surface area contributed by atoms with Gasteiger partial charge < -0.3 is 17.7 Å². The molecule has 0 aliphatic carbocycles. The van der Waals surface area contributed by atoms with E-state index >= 15 is 0 Å². The number of hydrogen-bond acceptors (Lipinski definition) is 8. The molecule has 2 atom stereocenters. The van der Waals surface area contributed by atoms with Crippen molar-refractivity contribution in [3.63, 3.8) is 0 Å². The molecule has 0 bridgehead atoms. The monoisotopic (exact) mass is 1280 g/mol. The molecule has 1 aliphatic heterocycles. The van der Waals surface area contributed by atoms with Crippen molar-refractivity contribution >= 4 is 159 Å². The second kappa shape index (κ2) is 40.7. The zero-order valence-electron chi connectivity index (χ0n) is 45.3. The number of aliphatic hydroxyl groups is 1. The molecule has 0 spiro atoms. The summed E-state index contributed by atoms with van der Waals surface area (Å²) in [5, 5.41) is 16.7. The number of benzene rings is 6. The molecule has 77 heavy (non-hydrogen) atoms. The van der Waals surface area contributed by atoms with Crippen molar-refractivity contribution in [2.75, 3.05) is 0 Å². The van der Waals surface area contributed by atoms with Crippen LogP contribution in [0.2, 0.25) is 50.2 Å². The van der Waals surface area contributed by atoms with E-state index in [0.717, 1.165) is 38.9 Å². The minimum absolute atomic E-state index is 0. The SMILES string of the molecule is CC(=O)Cl.CC(=O)c1ccc(C)c(Cl)c1Cl.Cc1ccc(C(C)C)c(Cl)c1Cl.Cc1ccc(C(C)N)c(Cl)c1Cl.Cc1ccc(C(C)O)c(Cl)c1Cl.Cc1cccc(Cl)c1Cl.N=N.O.O=C1NC(=O)c2ccccc21.[B].[H-].[HH].[Na+]. The Morgan fingerprint density at radius 1 is 0.532 bits per heavy atom. The third-order valence-electron chi connectivity index (χ3n) is 9.92. The van der Waals surface area contributed by atoms with Gasteiger partial charge in [-0.2, -0.15) is 0 Å². The molecular formula is C54H62BCl11N4NaO6. The first-order chi connectivity index (χ1) is 34.4. The van der Waals surface area contributed by atoms with Crippen molar-refractivity contribution in [2.45, 2.75) is 94.2 Å². The van der Waals surface area contributed by atoms with Crippen LogP contribution in [0.25, 0.3) is 0 Å². The van der Waals surface area contributed by atoms with E-state index in [-0.39, 0.29) is 75.2 Å². The first-order valence-corrected chi connectivity index (χ1v) is 26.0. The molecule has 10 nitrogen and oxygen atoms in total. The number of rotatable bonds is 4. The second-order valence-corrected chi connectivity index (χ2v) is 20.5. The van der Waals surface area contributed by atoms with Gasteiger partial charge in [-0.25, -0.2) is 11.1 Å². The van der Waals surface area contributed by atoms with E-state index in [2.05, 4.69) is 30.8 Å². The summed E-state index contributed by atoms with van der Waals surface area (Å²) in [5.74, 6) is -0.242. The predicted molar refractivity (Wildman–Crippen MR) is 326 cm³/mol. The van der Waals surface area contributed by atoms with Crippen molar-refractivity contribution in [3.8, 4) is 0 Å². The van der Waals surface area contributed by atoms with Crippen LogP contribution in [0.4, 0.5) is 0 Å². The Morgan fingerprint density at radius 3 is 1.19 bits per heavy atom. The van der Waals surface area contributed by atoms with Crippen molar-refractivity contribution in [2.24, 2.45) is 5.73 Å². The zero-order chi connectivity index (χ0) is 57.5. The minimum Gasteiger partial charge on any atom is -1.00 e. The number of fused-ring (bicyclic) bond motifs is 1. The largest absolute Gasteiger partial charge is 1.00 e. The van der Waals surface area contributed by atoms with Crippen LogP contribution in [-0.2, 0) is 4.79 Å². The number of Topliss-reactive ketones (excluding diaryl/α,β-unsaturated/α-hetero) is 1.